The highest BCUT2D eigenvalue weighted by Gasteiger charge is 2.31. The molecular formula is C19H29N5O3. The first-order valence-electron chi connectivity index (χ1n) is 10.1. The lowest BCUT2D eigenvalue weighted by atomic mass is 9.95. The first-order valence-corrected chi connectivity index (χ1v) is 10.1. The average molecular weight is 375 g/mol. The van der Waals surface area contributed by atoms with Crippen LogP contribution in [0.1, 0.15) is 36.0 Å². The number of amides is 2. The molecule has 0 spiro atoms. The van der Waals surface area contributed by atoms with E-state index in [0.29, 0.717) is 24.6 Å². The summed E-state index contributed by atoms with van der Waals surface area (Å²) in [6.07, 6.45) is 8.03. The van der Waals surface area contributed by atoms with Crippen molar-refractivity contribution in [2.24, 2.45) is 11.8 Å². The number of aromatic nitrogens is 2. The summed E-state index contributed by atoms with van der Waals surface area (Å²) in [6.45, 7) is 5.44. The Morgan fingerprint density at radius 1 is 1.22 bits per heavy atom. The zero-order chi connectivity index (χ0) is 18.6. The highest BCUT2D eigenvalue weighted by atomic mass is 16.5. The van der Waals surface area contributed by atoms with Gasteiger partial charge in [-0.05, 0) is 50.6 Å². The molecular weight excluding hydrogens is 346 g/mol. The predicted molar refractivity (Wildman–Crippen MR) is 99.1 cm³/mol. The first-order chi connectivity index (χ1) is 13.2. The van der Waals surface area contributed by atoms with Crippen LogP contribution >= 0.6 is 0 Å². The highest BCUT2D eigenvalue weighted by Crippen LogP contribution is 2.31. The molecule has 8 nitrogen and oxygen atoms in total. The minimum Gasteiger partial charge on any atom is -0.365 e. The van der Waals surface area contributed by atoms with Crippen LogP contribution in [0.4, 0.5) is 0 Å². The molecule has 3 fully saturated rings. The normalized spacial score (nSPS) is 25.0. The molecule has 148 valence electrons. The van der Waals surface area contributed by atoms with Gasteiger partial charge < -0.3 is 19.9 Å². The Hall–Kier alpha value is -1.93. The number of aromatic amines is 1. The van der Waals surface area contributed by atoms with E-state index in [1.165, 1.54) is 38.4 Å². The number of morpholine rings is 1. The van der Waals surface area contributed by atoms with E-state index in [9.17, 15) is 9.59 Å². The third-order valence-electron chi connectivity index (χ3n) is 5.87. The van der Waals surface area contributed by atoms with Gasteiger partial charge >= 0.3 is 0 Å². The van der Waals surface area contributed by atoms with Crippen molar-refractivity contribution in [1.29, 1.82) is 0 Å². The Morgan fingerprint density at radius 3 is 2.70 bits per heavy atom. The zero-order valence-electron chi connectivity index (χ0n) is 15.7. The Kier molecular flexibility index (Phi) is 5.73. The number of H-pyrrole nitrogens is 1. The summed E-state index contributed by atoms with van der Waals surface area (Å²) < 4.78 is 5.61. The predicted octanol–water partition coefficient (Wildman–Crippen LogP) is 0.489. The molecule has 3 aliphatic rings. The van der Waals surface area contributed by atoms with Crippen LogP contribution in [0, 0.1) is 11.8 Å². The van der Waals surface area contributed by atoms with Gasteiger partial charge in [-0.15, -0.1) is 0 Å². The SMILES string of the molecule is O=C(NC[C@H]1CN(CC2CCN(CC3CC3)CC2)C(=O)CO1)c1cn[nH]c1. The number of hydrogen-bond acceptors (Lipinski definition) is 5. The van der Waals surface area contributed by atoms with Crippen molar-refractivity contribution in [1.82, 2.24) is 25.3 Å². The largest absolute Gasteiger partial charge is 0.365 e. The number of piperidine rings is 1. The molecule has 0 unspecified atom stereocenters. The van der Waals surface area contributed by atoms with E-state index in [2.05, 4.69) is 20.4 Å². The Bertz CT molecular complexity index is 638. The molecule has 0 aromatic carbocycles. The standard InChI is InChI=1S/C19H29N5O3/c25-18-13-27-17(9-20-19(26)16-7-21-22-8-16)12-24(18)11-15-3-5-23(6-4-15)10-14-1-2-14/h7-8,14-15,17H,1-6,9-13H2,(H,20,26)(H,21,22)/t17-/m0/s1. The van der Waals surface area contributed by atoms with Crippen LogP contribution in [-0.2, 0) is 9.53 Å². The number of nitrogens with one attached hydrogen (secondary N) is 2. The van der Waals surface area contributed by atoms with E-state index in [1.54, 1.807) is 6.20 Å². The Morgan fingerprint density at radius 2 is 2.00 bits per heavy atom. The second kappa shape index (κ2) is 8.39. The molecule has 1 aromatic heterocycles. The van der Waals surface area contributed by atoms with Crippen molar-refractivity contribution >= 4 is 11.8 Å². The summed E-state index contributed by atoms with van der Waals surface area (Å²) in [5.74, 6) is 1.40. The topological polar surface area (TPSA) is 90.6 Å². The summed E-state index contributed by atoms with van der Waals surface area (Å²) in [7, 11) is 0. The van der Waals surface area contributed by atoms with Gasteiger partial charge in [0.2, 0.25) is 5.91 Å². The second-order valence-corrected chi connectivity index (χ2v) is 8.12. The Labute approximate surface area is 159 Å². The molecule has 1 atom stereocenters. The summed E-state index contributed by atoms with van der Waals surface area (Å²) in [5.41, 5.74) is 0.497. The van der Waals surface area contributed by atoms with Crippen LogP contribution in [0.2, 0.25) is 0 Å². The summed E-state index contributed by atoms with van der Waals surface area (Å²) in [5, 5.41) is 9.26. The Balaban J connectivity index is 1.20. The van der Waals surface area contributed by atoms with Crippen LogP contribution in [0.25, 0.3) is 0 Å². The first kappa shape index (κ1) is 18.4. The molecule has 1 aliphatic carbocycles. The van der Waals surface area contributed by atoms with Crippen molar-refractivity contribution in [3.8, 4) is 0 Å². The zero-order valence-corrected chi connectivity index (χ0v) is 15.7. The maximum absolute atomic E-state index is 12.2. The number of carbonyl (C=O) groups is 2. The van der Waals surface area contributed by atoms with Crippen molar-refractivity contribution in [3.63, 3.8) is 0 Å². The molecule has 3 heterocycles. The van der Waals surface area contributed by atoms with Crippen LogP contribution in [0.3, 0.4) is 0 Å². The van der Waals surface area contributed by atoms with Gasteiger partial charge in [-0.1, -0.05) is 0 Å². The molecule has 2 amide bonds. The fourth-order valence-corrected chi connectivity index (χ4v) is 3.99. The minimum atomic E-state index is -0.182. The molecule has 27 heavy (non-hydrogen) atoms. The number of rotatable bonds is 7. The lowest BCUT2D eigenvalue weighted by Gasteiger charge is -2.38. The quantitative estimate of drug-likeness (QED) is 0.724. The number of ether oxygens (including phenoxy) is 1. The second-order valence-electron chi connectivity index (χ2n) is 8.12. The summed E-state index contributed by atoms with van der Waals surface area (Å²) in [4.78, 5) is 28.8. The molecule has 1 aromatic rings. The molecule has 4 rings (SSSR count). The van der Waals surface area contributed by atoms with Crippen LogP contribution in [-0.4, -0.2) is 83.8 Å². The van der Waals surface area contributed by atoms with Gasteiger partial charge in [0, 0.05) is 32.4 Å². The van der Waals surface area contributed by atoms with Crippen molar-refractivity contribution in [2.75, 3.05) is 45.9 Å². The van der Waals surface area contributed by atoms with Gasteiger partial charge in [0.05, 0.1) is 17.9 Å². The van der Waals surface area contributed by atoms with Gasteiger partial charge in [-0.2, -0.15) is 5.10 Å². The number of carbonyl (C=O) groups excluding carboxylic acids is 2. The molecule has 2 saturated heterocycles. The number of likely N-dealkylation sites (tertiary alicyclic amines) is 1. The molecule has 2 aliphatic heterocycles. The maximum atomic E-state index is 12.2. The fourth-order valence-electron chi connectivity index (χ4n) is 3.99. The maximum Gasteiger partial charge on any atom is 0.254 e. The molecule has 1 saturated carbocycles. The lowest BCUT2D eigenvalue weighted by Crippen LogP contribution is -2.52. The van der Waals surface area contributed by atoms with E-state index >= 15 is 0 Å². The van der Waals surface area contributed by atoms with Crippen LogP contribution < -0.4 is 5.32 Å². The van der Waals surface area contributed by atoms with E-state index in [0.717, 1.165) is 25.6 Å². The van der Waals surface area contributed by atoms with E-state index < -0.39 is 0 Å². The molecule has 8 heteroatoms. The summed E-state index contributed by atoms with van der Waals surface area (Å²) >= 11 is 0. The monoisotopic (exact) mass is 375 g/mol. The van der Waals surface area contributed by atoms with Gasteiger partial charge in [0.25, 0.3) is 5.91 Å². The van der Waals surface area contributed by atoms with Gasteiger partial charge in [-0.25, -0.2) is 0 Å². The molecule has 2 N–H and O–H groups in total. The van der Waals surface area contributed by atoms with Gasteiger partial charge in [-0.3, -0.25) is 14.7 Å². The summed E-state index contributed by atoms with van der Waals surface area (Å²) in [6, 6.07) is 0. The number of nitrogens with zero attached hydrogens (tertiary/aromatic N) is 3. The highest BCUT2D eigenvalue weighted by molar-refractivity contribution is 5.93. The minimum absolute atomic E-state index is 0.0628. The fraction of sp³-hybridized carbons (Fsp3) is 0.737. The third kappa shape index (κ3) is 5.07. The van der Waals surface area contributed by atoms with Gasteiger partial charge in [0.1, 0.15) is 6.61 Å². The lowest BCUT2D eigenvalue weighted by molar-refractivity contribution is -0.149. The van der Waals surface area contributed by atoms with Crippen LogP contribution in [0.15, 0.2) is 12.4 Å². The molecule has 0 radical (unpaired) electrons. The smallest absolute Gasteiger partial charge is 0.254 e. The van der Waals surface area contributed by atoms with E-state index in [4.69, 9.17) is 4.74 Å². The van der Waals surface area contributed by atoms with Crippen molar-refractivity contribution < 1.29 is 14.3 Å². The molecule has 0 bridgehead atoms. The van der Waals surface area contributed by atoms with Crippen molar-refractivity contribution in [2.45, 2.75) is 31.8 Å². The van der Waals surface area contributed by atoms with Gasteiger partial charge in [0.15, 0.2) is 0 Å². The number of hydrogen-bond donors (Lipinski definition) is 2. The third-order valence-corrected chi connectivity index (χ3v) is 5.87. The van der Waals surface area contributed by atoms with E-state index in [1.807, 2.05) is 4.90 Å². The van der Waals surface area contributed by atoms with Crippen molar-refractivity contribution in [3.05, 3.63) is 18.0 Å². The average Bonchev–Trinajstić information content (AvgIpc) is 3.31. The van der Waals surface area contributed by atoms with Crippen LogP contribution in [0.5, 0.6) is 0 Å². The van der Waals surface area contributed by atoms with E-state index in [-0.39, 0.29) is 24.5 Å².